The van der Waals surface area contributed by atoms with E-state index in [0.717, 1.165) is 36.1 Å². The second-order valence-electron chi connectivity index (χ2n) is 12.7. The Hall–Kier alpha value is -4.92. The van der Waals surface area contributed by atoms with Gasteiger partial charge in [0.25, 0.3) is 0 Å². The van der Waals surface area contributed by atoms with Gasteiger partial charge in [-0.2, -0.15) is 0 Å². The molecule has 0 amide bonds. The molecule has 0 aliphatic carbocycles. The molecule has 3 rings (SSSR count). The number of hydrogen-bond acceptors (Lipinski definition) is 9. The quantitative estimate of drug-likeness (QED) is 0.0333. The molecule has 0 aromatic heterocycles. The second-order valence-corrected chi connectivity index (χ2v) is 12.7. The molecular formula is C42H52O9. The fourth-order valence-corrected chi connectivity index (χ4v) is 4.89. The summed E-state index contributed by atoms with van der Waals surface area (Å²) in [5.74, 6) is -1.63. The third kappa shape index (κ3) is 14.5. The molecule has 0 aliphatic heterocycles. The van der Waals surface area contributed by atoms with Crippen molar-refractivity contribution in [1.82, 2.24) is 0 Å². The zero-order valence-electron chi connectivity index (χ0n) is 30.4. The maximum absolute atomic E-state index is 12.8. The zero-order chi connectivity index (χ0) is 37.0. The standard InChI is InChI=1S/C42H52O9/c1-6-8-9-10-11-12-13-14-15-28-47-37-24-20-34(21-25-37)33-16-18-35(19-17-33)42(46)51-38-26-22-36(23-27-38)41(45)50-32(5)40(44)49-31(4)39(43)48-29-30(3)7-2/h6,16-27,30-32H,1,7-15,28-29H2,2-5H3. The Bertz CT molecular complexity index is 1530. The summed E-state index contributed by atoms with van der Waals surface area (Å²) in [7, 11) is 0. The lowest BCUT2D eigenvalue weighted by Crippen LogP contribution is -2.33. The number of ether oxygens (including phenoxy) is 5. The number of rotatable bonds is 22. The Balaban J connectivity index is 1.40. The van der Waals surface area contributed by atoms with Crippen LogP contribution in [0.15, 0.2) is 85.5 Å². The topological polar surface area (TPSA) is 114 Å². The van der Waals surface area contributed by atoms with E-state index in [4.69, 9.17) is 23.7 Å². The van der Waals surface area contributed by atoms with E-state index in [1.165, 1.54) is 76.6 Å². The fraction of sp³-hybridized carbons (Fsp3) is 0.429. The maximum atomic E-state index is 12.8. The Morgan fingerprint density at radius 2 is 1.14 bits per heavy atom. The third-order valence-electron chi connectivity index (χ3n) is 8.38. The van der Waals surface area contributed by atoms with E-state index in [-0.39, 0.29) is 23.8 Å². The molecule has 0 heterocycles. The highest BCUT2D eigenvalue weighted by molar-refractivity contribution is 5.93. The monoisotopic (exact) mass is 700 g/mol. The average Bonchev–Trinajstić information content (AvgIpc) is 3.14. The molecule has 3 aromatic rings. The number of carbonyl (C=O) groups is 4. The minimum Gasteiger partial charge on any atom is -0.494 e. The first-order valence-corrected chi connectivity index (χ1v) is 18.0. The number of carbonyl (C=O) groups excluding carboxylic acids is 4. The van der Waals surface area contributed by atoms with Gasteiger partial charge in [-0.15, -0.1) is 6.58 Å². The fourth-order valence-electron chi connectivity index (χ4n) is 4.89. The van der Waals surface area contributed by atoms with Crippen LogP contribution >= 0.6 is 0 Å². The first-order chi connectivity index (χ1) is 24.6. The molecule has 0 fully saturated rings. The summed E-state index contributed by atoms with van der Waals surface area (Å²) in [6.07, 6.45) is 10.1. The van der Waals surface area contributed by atoms with Crippen molar-refractivity contribution < 1.29 is 42.9 Å². The largest absolute Gasteiger partial charge is 0.494 e. The predicted molar refractivity (Wildman–Crippen MR) is 197 cm³/mol. The van der Waals surface area contributed by atoms with Gasteiger partial charge in [-0.1, -0.05) is 82.7 Å². The van der Waals surface area contributed by atoms with E-state index in [0.29, 0.717) is 12.2 Å². The summed E-state index contributed by atoms with van der Waals surface area (Å²) in [4.78, 5) is 49.8. The van der Waals surface area contributed by atoms with Crippen molar-refractivity contribution in [2.24, 2.45) is 5.92 Å². The smallest absolute Gasteiger partial charge is 0.348 e. The number of unbranched alkanes of at least 4 members (excludes halogenated alkanes) is 7. The molecule has 274 valence electrons. The molecule has 0 saturated heterocycles. The first-order valence-electron chi connectivity index (χ1n) is 18.0. The molecule has 0 aliphatic rings. The first kappa shape index (κ1) is 40.5. The van der Waals surface area contributed by atoms with Gasteiger partial charge in [-0.3, -0.25) is 0 Å². The van der Waals surface area contributed by atoms with Crippen molar-refractivity contribution in [3.05, 3.63) is 96.6 Å². The van der Waals surface area contributed by atoms with Gasteiger partial charge in [0, 0.05) is 0 Å². The lowest BCUT2D eigenvalue weighted by molar-refractivity contribution is -0.172. The average molecular weight is 701 g/mol. The van der Waals surface area contributed by atoms with Gasteiger partial charge in [0.05, 0.1) is 24.3 Å². The van der Waals surface area contributed by atoms with Crippen molar-refractivity contribution in [3.63, 3.8) is 0 Å². The van der Waals surface area contributed by atoms with E-state index in [1.807, 2.05) is 56.3 Å². The summed E-state index contributed by atoms with van der Waals surface area (Å²) >= 11 is 0. The summed E-state index contributed by atoms with van der Waals surface area (Å²) < 4.78 is 26.8. The van der Waals surface area contributed by atoms with E-state index < -0.39 is 36.1 Å². The van der Waals surface area contributed by atoms with Crippen molar-refractivity contribution in [2.75, 3.05) is 13.2 Å². The number of allylic oxidation sites excluding steroid dienone is 1. The maximum Gasteiger partial charge on any atom is 0.348 e. The van der Waals surface area contributed by atoms with Crippen LogP contribution in [0, 0.1) is 5.92 Å². The van der Waals surface area contributed by atoms with Gasteiger partial charge in [0.1, 0.15) is 11.5 Å². The van der Waals surface area contributed by atoms with E-state index >= 15 is 0 Å². The van der Waals surface area contributed by atoms with Crippen molar-refractivity contribution in [2.45, 2.75) is 97.7 Å². The molecule has 0 N–H and O–H groups in total. The van der Waals surface area contributed by atoms with Crippen LogP contribution in [0.2, 0.25) is 0 Å². The highest BCUT2D eigenvalue weighted by Crippen LogP contribution is 2.24. The Morgan fingerprint density at radius 3 is 1.75 bits per heavy atom. The Morgan fingerprint density at radius 1 is 0.627 bits per heavy atom. The van der Waals surface area contributed by atoms with Crippen LogP contribution in [0.25, 0.3) is 11.1 Å². The SMILES string of the molecule is C=CCCCCCCCCCOc1ccc(-c2ccc(C(=O)Oc3ccc(C(=O)OC(C)C(=O)OC(C)C(=O)OCC(C)CC)cc3)cc2)cc1. The van der Waals surface area contributed by atoms with Crippen molar-refractivity contribution in [3.8, 4) is 22.6 Å². The van der Waals surface area contributed by atoms with Gasteiger partial charge in [0.15, 0.2) is 12.2 Å². The molecule has 0 saturated carbocycles. The van der Waals surface area contributed by atoms with Crippen LogP contribution in [0.3, 0.4) is 0 Å². The summed E-state index contributed by atoms with van der Waals surface area (Å²) in [6.45, 7) is 11.4. The summed E-state index contributed by atoms with van der Waals surface area (Å²) in [6, 6.07) is 20.7. The number of benzene rings is 3. The van der Waals surface area contributed by atoms with Crippen LogP contribution in [0.5, 0.6) is 11.5 Å². The Kier molecular flexibility index (Phi) is 17.5. The van der Waals surface area contributed by atoms with Gasteiger partial charge >= 0.3 is 23.9 Å². The van der Waals surface area contributed by atoms with E-state index in [9.17, 15) is 19.2 Å². The lowest BCUT2D eigenvalue weighted by Gasteiger charge is -2.17. The van der Waals surface area contributed by atoms with Crippen LogP contribution in [0.4, 0.5) is 0 Å². The minimum atomic E-state index is -1.26. The summed E-state index contributed by atoms with van der Waals surface area (Å²) in [5, 5.41) is 0. The highest BCUT2D eigenvalue weighted by atomic mass is 16.6. The molecule has 0 radical (unpaired) electrons. The Labute approximate surface area is 302 Å². The van der Waals surface area contributed by atoms with Gasteiger partial charge in [-0.25, -0.2) is 19.2 Å². The van der Waals surface area contributed by atoms with Crippen LogP contribution in [-0.4, -0.2) is 49.3 Å². The van der Waals surface area contributed by atoms with Gasteiger partial charge < -0.3 is 23.7 Å². The van der Waals surface area contributed by atoms with E-state index in [2.05, 4.69) is 6.58 Å². The molecule has 51 heavy (non-hydrogen) atoms. The molecule has 0 bridgehead atoms. The number of hydrogen-bond donors (Lipinski definition) is 0. The molecule has 3 aromatic carbocycles. The molecule has 9 nitrogen and oxygen atoms in total. The molecule has 3 atom stereocenters. The molecule has 9 heteroatoms. The summed E-state index contributed by atoms with van der Waals surface area (Å²) in [5.41, 5.74) is 2.45. The van der Waals surface area contributed by atoms with Crippen LogP contribution in [-0.2, 0) is 23.8 Å². The van der Waals surface area contributed by atoms with Gasteiger partial charge in [0.2, 0.25) is 0 Å². The zero-order valence-corrected chi connectivity index (χ0v) is 30.4. The number of esters is 4. The highest BCUT2D eigenvalue weighted by Gasteiger charge is 2.26. The predicted octanol–water partition coefficient (Wildman–Crippen LogP) is 9.32. The second kappa shape index (κ2) is 22.0. The van der Waals surface area contributed by atoms with Crippen LogP contribution in [0.1, 0.15) is 106 Å². The molecular weight excluding hydrogens is 648 g/mol. The minimum absolute atomic E-state index is 0.136. The van der Waals surface area contributed by atoms with Crippen molar-refractivity contribution >= 4 is 23.9 Å². The van der Waals surface area contributed by atoms with Crippen molar-refractivity contribution in [1.29, 1.82) is 0 Å². The van der Waals surface area contributed by atoms with Crippen LogP contribution < -0.4 is 9.47 Å². The molecule has 3 unspecified atom stereocenters. The third-order valence-corrected chi connectivity index (χ3v) is 8.38. The van der Waals surface area contributed by atoms with E-state index in [1.54, 1.807) is 12.1 Å². The van der Waals surface area contributed by atoms with Gasteiger partial charge in [-0.05, 0) is 98.7 Å². The molecule has 0 spiro atoms. The lowest BCUT2D eigenvalue weighted by atomic mass is 10.0. The normalized spacial score (nSPS) is 12.5.